The first-order valence-electron chi connectivity index (χ1n) is 11.1. The Balaban J connectivity index is 1.56. The second-order valence-corrected chi connectivity index (χ2v) is 8.18. The van der Waals surface area contributed by atoms with E-state index in [4.69, 9.17) is 4.74 Å². The quantitative estimate of drug-likeness (QED) is 0.368. The maximum Gasteiger partial charge on any atom is 0.335 e. The molecule has 0 saturated carbocycles. The van der Waals surface area contributed by atoms with E-state index in [9.17, 15) is 9.90 Å². The molecular weight excluding hydrogens is 442 g/mol. The summed E-state index contributed by atoms with van der Waals surface area (Å²) >= 11 is 0. The summed E-state index contributed by atoms with van der Waals surface area (Å²) in [6.07, 6.45) is 0. The van der Waals surface area contributed by atoms with E-state index in [0.29, 0.717) is 18.3 Å². The molecule has 5 rings (SSSR count). The van der Waals surface area contributed by atoms with E-state index in [1.807, 2.05) is 61.5 Å². The number of nitrogens with zero attached hydrogens (tertiary/aromatic N) is 4. The van der Waals surface area contributed by atoms with Gasteiger partial charge in [-0.3, -0.25) is 0 Å². The molecule has 174 valence electrons. The summed E-state index contributed by atoms with van der Waals surface area (Å²) in [5, 5.41) is 24.8. The third-order valence-electron chi connectivity index (χ3n) is 5.97. The lowest BCUT2D eigenvalue weighted by atomic mass is 9.88. The molecule has 3 aromatic carbocycles. The van der Waals surface area contributed by atoms with Crippen molar-refractivity contribution in [1.29, 1.82) is 0 Å². The Morgan fingerprint density at radius 3 is 2.51 bits per heavy atom. The van der Waals surface area contributed by atoms with E-state index < -0.39 is 12.0 Å². The Morgan fingerprint density at radius 1 is 1.06 bits per heavy atom. The minimum atomic E-state index is -0.964. The molecule has 8 heteroatoms. The molecule has 1 atom stereocenters. The first-order chi connectivity index (χ1) is 17.0. The van der Waals surface area contributed by atoms with Crippen molar-refractivity contribution in [1.82, 2.24) is 20.2 Å². The van der Waals surface area contributed by atoms with Gasteiger partial charge in [0.1, 0.15) is 18.4 Å². The van der Waals surface area contributed by atoms with Crippen molar-refractivity contribution in [2.75, 3.05) is 5.32 Å². The number of hydrogen-bond acceptors (Lipinski definition) is 6. The topological polar surface area (TPSA) is 102 Å². The zero-order valence-electron chi connectivity index (χ0n) is 19.0. The molecule has 2 heterocycles. The van der Waals surface area contributed by atoms with Crippen LogP contribution in [-0.4, -0.2) is 31.3 Å². The first-order valence-corrected chi connectivity index (χ1v) is 11.1. The van der Waals surface area contributed by atoms with Crippen LogP contribution in [0.1, 0.15) is 34.5 Å². The Hall–Kier alpha value is -4.72. The van der Waals surface area contributed by atoms with Gasteiger partial charge in [0.05, 0.1) is 5.56 Å². The lowest BCUT2D eigenvalue weighted by molar-refractivity contribution is 0.0697. The van der Waals surface area contributed by atoms with Gasteiger partial charge in [-0.05, 0) is 51.7 Å². The van der Waals surface area contributed by atoms with Crippen molar-refractivity contribution in [3.8, 4) is 11.1 Å². The van der Waals surface area contributed by atoms with E-state index >= 15 is 0 Å². The average Bonchev–Trinajstić information content (AvgIpc) is 3.35. The van der Waals surface area contributed by atoms with Crippen molar-refractivity contribution in [2.45, 2.75) is 19.6 Å². The number of fused-ring (bicyclic) bond motifs is 1. The number of ether oxygens (including phenoxy) is 1. The molecule has 0 aliphatic carbocycles. The fourth-order valence-corrected chi connectivity index (χ4v) is 4.27. The number of nitrogens with one attached hydrogen (secondary N) is 1. The van der Waals surface area contributed by atoms with Gasteiger partial charge in [-0.2, -0.15) is 4.68 Å². The van der Waals surface area contributed by atoms with Crippen LogP contribution >= 0.6 is 0 Å². The number of benzene rings is 3. The third kappa shape index (κ3) is 4.29. The number of carbonyl (C=O) groups is 1. The second kappa shape index (κ2) is 9.26. The van der Waals surface area contributed by atoms with Gasteiger partial charge in [-0.15, -0.1) is 0 Å². The van der Waals surface area contributed by atoms with E-state index in [2.05, 4.69) is 27.4 Å². The number of carboxylic acids is 1. The third-order valence-corrected chi connectivity index (χ3v) is 5.97. The van der Waals surface area contributed by atoms with Crippen LogP contribution in [0.4, 0.5) is 5.95 Å². The van der Waals surface area contributed by atoms with Crippen LogP contribution in [0, 0.1) is 0 Å². The molecule has 1 unspecified atom stereocenters. The Kier molecular flexibility index (Phi) is 5.85. The van der Waals surface area contributed by atoms with Crippen LogP contribution in [0.25, 0.3) is 11.1 Å². The summed E-state index contributed by atoms with van der Waals surface area (Å²) in [5.74, 6) is 0.0680. The van der Waals surface area contributed by atoms with Gasteiger partial charge in [-0.25, -0.2) is 4.79 Å². The second-order valence-electron chi connectivity index (χ2n) is 8.18. The maximum absolute atomic E-state index is 11.3. The number of tetrazole rings is 1. The summed E-state index contributed by atoms with van der Waals surface area (Å²) in [6, 6.07) is 24.2. The largest absolute Gasteiger partial charge is 0.489 e. The van der Waals surface area contributed by atoms with Crippen molar-refractivity contribution in [2.24, 2.45) is 0 Å². The highest BCUT2D eigenvalue weighted by Crippen LogP contribution is 2.41. The van der Waals surface area contributed by atoms with Crippen LogP contribution in [0.2, 0.25) is 0 Å². The van der Waals surface area contributed by atoms with Crippen molar-refractivity contribution in [3.05, 3.63) is 119 Å². The molecule has 0 saturated heterocycles. The van der Waals surface area contributed by atoms with Crippen LogP contribution in [0.3, 0.4) is 0 Å². The first kappa shape index (κ1) is 22.1. The lowest BCUT2D eigenvalue weighted by Gasteiger charge is -2.31. The Morgan fingerprint density at radius 2 is 1.77 bits per heavy atom. The van der Waals surface area contributed by atoms with E-state index in [1.54, 1.807) is 28.9 Å². The number of allylic oxidation sites excluding steroid dienone is 2. The molecule has 2 N–H and O–H groups in total. The zero-order chi connectivity index (χ0) is 24.4. The number of carboxylic acid groups (broad SMARTS) is 1. The van der Waals surface area contributed by atoms with E-state index in [0.717, 1.165) is 33.5 Å². The molecule has 0 fully saturated rings. The summed E-state index contributed by atoms with van der Waals surface area (Å²) < 4.78 is 7.84. The highest BCUT2D eigenvalue weighted by atomic mass is 16.5. The summed E-state index contributed by atoms with van der Waals surface area (Å²) in [5.41, 5.74) is 5.68. The maximum atomic E-state index is 11.3. The van der Waals surface area contributed by atoms with Crippen LogP contribution in [0.5, 0.6) is 0 Å². The standard InChI is InChI=1S/C27H23N5O3/c1-17-24(18(2)35-16-19-8-4-3-5-9-19)25(32-27(28-17)29-30-31-32)23-11-7-6-10-22(23)20-12-14-21(15-13-20)26(33)34/h3-15,25H,2,16H2,1H3,(H,33,34)(H,28,29,31). The van der Waals surface area contributed by atoms with Gasteiger partial charge in [0.15, 0.2) is 0 Å². The van der Waals surface area contributed by atoms with E-state index in [1.165, 1.54) is 0 Å². The Labute approximate surface area is 202 Å². The van der Waals surface area contributed by atoms with Gasteiger partial charge >= 0.3 is 5.97 Å². The monoisotopic (exact) mass is 465 g/mol. The molecular formula is C27H23N5O3. The van der Waals surface area contributed by atoms with Gasteiger partial charge < -0.3 is 15.2 Å². The minimum Gasteiger partial charge on any atom is -0.489 e. The van der Waals surface area contributed by atoms with Gasteiger partial charge in [-0.1, -0.05) is 78.4 Å². The van der Waals surface area contributed by atoms with Crippen LogP contribution in [0.15, 0.2) is 102 Å². The Bertz CT molecular complexity index is 1420. The van der Waals surface area contributed by atoms with Crippen LogP contribution in [-0.2, 0) is 11.3 Å². The molecule has 35 heavy (non-hydrogen) atoms. The lowest BCUT2D eigenvalue weighted by Crippen LogP contribution is -2.26. The summed E-state index contributed by atoms with van der Waals surface area (Å²) in [4.78, 5) is 11.3. The van der Waals surface area contributed by atoms with Crippen molar-refractivity contribution in [3.63, 3.8) is 0 Å². The highest BCUT2D eigenvalue weighted by Gasteiger charge is 2.33. The van der Waals surface area contributed by atoms with Gasteiger partial charge in [0.25, 0.3) is 0 Å². The molecule has 0 amide bonds. The van der Waals surface area contributed by atoms with Crippen LogP contribution < -0.4 is 5.32 Å². The minimum absolute atomic E-state index is 0.231. The molecule has 0 spiro atoms. The van der Waals surface area contributed by atoms with E-state index in [-0.39, 0.29) is 5.56 Å². The summed E-state index contributed by atoms with van der Waals surface area (Å²) in [6.45, 7) is 6.57. The molecule has 1 aromatic heterocycles. The van der Waals surface area contributed by atoms with Gasteiger partial charge in [0.2, 0.25) is 5.95 Å². The zero-order valence-corrected chi connectivity index (χ0v) is 19.0. The highest BCUT2D eigenvalue weighted by molar-refractivity contribution is 5.88. The molecule has 0 bridgehead atoms. The predicted octanol–water partition coefficient (Wildman–Crippen LogP) is 5.06. The molecule has 1 aliphatic rings. The molecule has 0 radical (unpaired) electrons. The fraction of sp³-hybridized carbons (Fsp3) is 0.111. The normalized spacial score (nSPS) is 14.7. The van der Waals surface area contributed by atoms with Crippen molar-refractivity contribution >= 4 is 11.9 Å². The predicted molar refractivity (Wildman–Crippen MR) is 131 cm³/mol. The fourth-order valence-electron chi connectivity index (χ4n) is 4.27. The molecule has 4 aromatic rings. The number of rotatable bonds is 7. The molecule has 1 aliphatic heterocycles. The number of aromatic nitrogens is 4. The number of hydrogen-bond donors (Lipinski definition) is 2. The van der Waals surface area contributed by atoms with Gasteiger partial charge in [0, 0.05) is 11.3 Å². The van der Waals surface area contributed by atoms with Crippen molar-refractivity contribution < 1.29 is 14.6 Å². The smallest absolute Gasteiger partial charge is 0.335 e. The number of aromatic carboxylic acids is 1. The SMILES string of the molecule is C=C(OCc1ccccc1)C1=C(C)Nc2nnnn2C1c1ccccc1-c1ccc(C(=O)O)cc1. The summed E-state index contributed by atoms with van der Waals surface area (Å²) in [7, 11) is 0. The number of anilines is 1. The molecule has 8 nitrogen and oxygen atoms in total. The average molecular weight is 466 g/mol.